The number of amidine groups is 2. The maximum atomic E-state index is 13.9. The third-order valence-corrected chi connectivity index (χ3v) is 7.85. The van der Waals surface area contributed by atoms with Crippen LogP contribution in [0, 0.1) is 6.92 Å². The Labute approximate surface area is 219 Å². The van der Waals surface area contributed by atoms with Crippen molar-refractivity contribution in [1.82, 2.24) is 29.0 Å². The van der Waals surface area contributed by atoms with Crippen molar-refractivity contribution in [2.24, 2.45) is 15.7 Å². The van der Waals surface area contributed by atoms with Crippen molar-refractivity contribution in [2.45, 2.75) is 25.3 Å². The highest BCUT2D eigenvalue weighted by Crippen LogP contribution is 2.26. The van der Waals surface area contributed by atoms with Gasteiger partial charge in [-0.25, -0.2) is 28.4 Å². The van der Waals surface area contributed by atoms with Crippen LogP contribution < -0.4 is 5.73 Å². The van der Waals surface area contributed by atoms with Gasteiger partial charge >= 0.3 is 6.18 Å². The molecule has 0 spiro atoms. The van der Waals surface area contributed by atoms with Gasteiger partial charge in [-0.2, -0.15) is 17.5 Å². The van der Waals surface area contributed by atoms with E-state index in [0.29, 0.717) is 37.7 Å². The monoisotopic (exact) mass is 559 g/mol. The van der Waals surface area contributed by atoms with Crippen LogP contribution in [0.15, 0.2) is 34.8 Å². The average Bonchev–Trinajstić information content (AvgIpc) is 2.87. The number of hydrogen-bond acceptors (Lipinski definition) is 11. The molecule has 3 aliphatic rings. The highest BCUT2D eigenvalue weighted by atomic mass is 32.2. The molecular weight excluding hydrogens is 527 g/mol. The van der Waals surface area contributed by atoms with Crippen LogP contribution in [0.2, 0.25) is 0 Å². The maximum absolute atomic E-state index is 13.9. The molecule has 0 bridgehead atoms. The lowest BCUT2D eigenvalue weighted by Crippen LogP contribution is -2.61. The van der Waals surface area contributed by atoms with Crippen LogP contribution in [0.4, 0.5) is 13.2 Å². The number of halogens is 3. The molecule has 3 aliphatic heterocycles. The van der Waals surface area contributed by atoms with Gasteiger partial charge in [0.05, 0.1) is 31.1 Å². The molecule has 2 saturated heterocycles. The molecule has 0 aliphatic carbocycles. The van der Waals surface area contributed by atoms with Crippen molar-refractivity contribution in [3.63, 3.8) is 0 Å². The molecule has 2 N–H and O–H groups in total. The summed E-state index contributed by atoms with van der Waals surface area (Å²) in [6.07, 6.45) is -1.17. The van der Waals surface area contributed by atoms with Crippen LogP contribution in [0.5, 0.6) is 0 Å². The average molecular weight is 560 g/mol. The van der Waals surface area contributed by atoms with E-state index in [9.17, 15) is 21.6 Å². The summed E-state index contributed by atoms with van der Waals surface area (Å²) in [5, 5.41) is 0. The molecule has 0 saturated carbocycles. The predicted octanol–water partition coefficient (Wildman–Crippen LogP) is -0.158. The molecule has 0 aromatic carbocycles. The van der Waals surface area contributed by atoms with Gasteiger partial charge in [0.15, 0.2) is 5.84 Å². The second-order valence-electron chi connectivity index (χ2n) is 9.30. The summed E-state index contributed by atoms with van der Waals surface area (Å²) in [4.78, 5) is 22.1. The lowest BCUT2D eigenvalue weighted by molar-refractivity contribution is -0.137. The van der Waals surface area contributed by atoms with E-state index in [-0.39, 0.29) is 43.7 Å². The van der Waals surface area contributed by atoms with Crippen molar-refractivity contribution in [1.29, 1.82) is 0 Å². The molecule has 4 rings (SSSR count). The summed E-state index contributed by atoms with van der Waals surface area (Å²) in [6, 6.07) is -1.00. The molecule has 1 aromatic rings. The number of piperazine rings is 1. The van der Waals surface area contributed by atoms with E-state index in [1.165, 1.54) is 16.7 Å². The quantitative estimate of drug-likeness (QED) is 0.505. The molecular formula is C22H32F3N9O3S. The molecule has 16 heteroatoms. The molecule has 4 heterocycles. The Hall–Kier alpha value is -2.66. The molecule has 210 valence electrons. The first-order valence-corrected chi connectivity index (χ1v) is 13.9. The first-order chi connectivity index (χ1) is 17.8. The van der Waals surface area contributed by atoms with Crippen LogP contribution >= 0.6 is 0 Å². The first kappa shape index (κ1) is 28.4. The number of aromatic nitrogens is 2. The number of rotatable bonds is 6. The second-order valence-corrected chi connectivity index (χ2v) is 11.3. The summed E-state index contributed by atoms with van der Waals surface area (Å²) in [7, 11) is -3.42. The van der Waals surface area contributed by atoms with E-state index in [1.807, 2.05) is 4.90 Å². The third-order valence-electron chi connectivity index (χ3n) is 6.55. The zero-order chi connectivity index (χ0) is 27.7. The minimum Gasteiger partial charge on any atom is -0.379 e. The molecule has 2 atom stereocenters. The van der Waals surface area contributed by atoms with Gasteiger partial charge in [0, 0.05) is 51.7 Å². The van der Waals surface area contributed by atoms with Gasteiger partial charge in [-0.05, 0) is 6.92 Å². The van der Waals surface area contributed by atoms with E-state index >= 15 is 0 Å². The fourth-order valence-corrected chi connectivity index (χ4v) is 5.35. The summed E-state index contributed by atoms with van der Waals surface area (Å²) in [5.74, 6) is 0.683. The topological polar surface area (TPSA) is 133 Å². The van der Waals surface area contributed by atoms with Gasteiger partial charge in [0.1, 0.15) is 30.2 Å². The van der Waals surface area contributed by atoms with Gasteiger partial charge in [0.2, 0.25) is 10.0 Å². The number of alkyl halides is 3. The van der Waals surface area contributed by atoms with Crippen LogP contribution in [-0.2, 0) is 14.8 Å². The Morgan fingerprint density at radius 3 is 2.32 bits per heavy atom. The highest BCUT2D eigenvalue weighted by Gasteiger charge is 2.42. The molecule has 38 heavy (non-hydrogen) atoms. The minimum absolute atomic E-state index is 0.0341. The number of aryl methyl sites for hydroxylation is 1. The summed E-state index contributed by atoms with van der Waals surface area (Å²) in [6.45, 7) is 6.77. The zero-order valence-electron chi connectivity index (χ0n) is 21.3. The highest BCUT2D eigenvalue weighted by molar-refractivity contribution is 7.88. The third kappa shape index (κ3) is 6.66. The molecule has 12 nitrogen and oxygen atoms in total. The van der Waals surface area contributed by atoms with E-state index in [1.54, 1.807) is 11.8 Å². The lowest BCUT2D eigenvalue weighted by atomic mass is 10.1. The largest absolute Gasteiger partial charge is 0.406 e. The smallest absolute Gasteiger partial charge is 0.379 e. The van der Waals surface area contributed by atoms with E-state index in [4.69, 9.17) is 15.5 Å². The SMILES string of the molecule is C=C(N1CCN(S(C)(=O)=O)CC1)N(CC(F)(F)F)C1=NC(c2cnc(C)nc2)=NC(N2CCOCC2)C1N. The minimum atomic E-state index is -4.60. The molecule has 2 unspecified atom stereocenters. The van der Waals surface area contributed by atoms with Crippen LogP contribution in [0.25, 0.3) is 0 Å². The van der Waals surface area contributed by atoms with Crippen LogP contribution in [0.1, 0.15) is 11.4 Å². The maximum Gasteiger partial charge on any atom is 0.406 e. The first-order valence-electron chi connectivity index (χ1n) is 12.1. The lowest BCUT2D eigenvalue weighted by Gasteiger charge is -2.44. The number of nitrogens with zero attached hydrogens (tertiary/aromatic N) is 8. The zero-order valence-corrected chi connectivity index (χ0v) is 22.1. The van der Waals surface area contributed by atoms with Crippen molar-refractivity contribution in [3.05, 3.63) is 36.2 Å². The van der Waals surface area contributed by atoms with E-state index in [0.717, 1.165) is 11.2 Å². The predicted molar refractivity (Wildman–Crippen MR) is 135 cm³/mol. The summed E-state index contributed by atoms with van der Waals surface area (Å²) in [5.41, 5.74) is 7.02. The second kappa shape index (κ2) is 11.2. The Morgan fingerprint density at radius 2 is 1.76 bits per heavy atom. The van der Waals surface area contributed by atoms with Gasteiger partial charge in [-0.15, -0.1) is 0 Å². The molecule has 0 amide bonds. The Morgan fingerprint density at radius 1 is 1.16 bits per heavy atom. The van der Waals surface area contributed by atoms with Crippen LogP contribution in [-0.4, -0.2) is 133 Å². The van der Waals surface area contributed by atoms with Crippen LogP contribution in [0.3, 0.4) is 0 Å². The van der Waals surface area contributed by atoms with Crippen molar-refractivity contribution >= 4 is 21.7 Å². The van der Waals surface area contributed by atoms with Crippen molar-refractivity contribution in [3.8, 4) is 0 Å². The number of sulfonamides is 1. The Balaban J connectivity index is 1.70. The van der Waals surface area contributed by atoms with Gasteiger partial charge in [-0.1, -0.05) is 6.58 Å². The fourth-order valence-electron chi connectivity index (χ4n) is 4.52. The molecule has 2 fully saturated rings. The van der Waals surface area contributed by atoms with Gasteiger partial charge in [0.25, 0.3) is 0 Å². The summed E-state index contributed by atoms with van der Waals surface area (Å²) >= 11 is 0. The van der Waals surface area contributed by atoms with Gasteiger partial charge in [-0.3, -0.25) is 4.90 Å². The summed E-state index contributed by atoms with van der Waals surface area (Å²) < 4.78 is 72.2. The van der Waals surface area contributed by atoms with Crippen molar-refractivity contribution in [2.75, 3.05) is 65.3 Å². The van der Waals surface area contributed by atoms with E-state index in [2.05, 4.69) is 21.5 Å². The number of ether oxygens (including phenoxy) is 1. The van der Waals surface area contributed by atoms with Crippen molar-refractivity contribution < 1.29 is 26.3 Å². The normalized spacial score (nSPS) is 24.1. The Bertz CT molecular complexity index is 1180. The van der Waals surface area contributed by atoms with E-state index < -0.39 is 35.0 Å². The number of nitrogens with two attached hydrogens (primary N) is 1. The number of morpholine rings is 1. The standard InChI is InChI=1S/C22H32F3N9O3S/c1-15-27-12-17(13-28-15)19-29-20(32-8-10-37-11-9-32)18(26)21(30-19)34(14-22(23,24)25)16(2)31-4-6-33(7-5-31)38(3,35)36/h12-13,18,20H,2,4-11,14,26H2,1,3H3. The molecule has 0 radical (unpaired) electrons. The Kier molecular flexibility index (Phi) is 8.37. The number of aliphatic imine (C=N–C) groups is 2. The van der Waals surface area contributed by atoms with Gasteiger partial charge < -0.3 is 20.3 Å². The fraction of sp³-hybridized carbons (Fsp3) is 0.636. The number of hydrogen-bond donors (Lipinski definition) is 1. The molecule has 1 aromatic heterocycles.